The number of fused-ring (bicyclic) bond motifs is 2. The highest BCUT2D eigenvalue weighted by atomic mass is 31.0. The lowest BCUT2D eigenvalue weighted by Crippen LogP contribution is -2.38. The van der Waals surface area contributed by atoms with Crippen LogP contribution >= 0.6 is 9.24 Å². The largest absolute Gasteiger partial charge is 0.490 e. The summed E-state index contributed by atoms with van der Waals surface area (Å²) in [6.07, 6.45) is 6.75. The standard InChI is InChI=1S/C31H35F2N2O3P/c1-30(2,36)22-9-12-29-27(19-22)25(26-5-3-15-34-28(26)20-37-29)6-4-16-35-17-13-24(14-18-35)38-23-10-7-21(8-11-23)31(32,33)39/h3,5-12,15,19,24,36H,4,13-14,16-18,20,39H2,1-2H3/b25-6+. The van der Waals surface area contributed by atoms with Crippen LogP contribution < -0.4 is 9.47 Å². The number of aromatic nitrogens is 1. The first-order valence-corrected chi connectivity index (χ1v) is 14.0. The van der Waals surface area contributed by atoms with Gasteiger partial charge in [-0.15, -0.1) is 0 Å². The van der Waals surface area contributed by atoms with Crippen LogP contribution in [-0.4, -0.2) is 40.7 Å². The molecule has 206 valence electrons. The maximum absolute atomic E-state index is 13.4. The molecule has 2 aromatic carbocycles. The Hall–Kier alpha value is -2.86. The quantitative estimate of drug-likeness (QED) is 0.340. The van der Waals surface area contributed by atoms with Gasteiger partial charge in [0.1, 0.15) is 24.2 Å². The van der Waals surface area contributed by atoms with Gasteiger partial charge in [-0.1, -0.05) is 27.4 Å². The van der Waals surface area contributed by atoms with E-state index in [4.69, 9.17) is 9.47 Å². The number of ether oxygens (including phenoxy) is 2. The van der Waals surface area contributed by atoms with Gasteiger partial charge in [-0.2, -0.15) is 8.78 Å². The van der Waals surface area contributed by atoms with Crippen molar-refractivity contribution in [1.82, 2.24) is 9.88 Å². The third kappa shape index (κ3) is 6.66. The second kappa shape index (κ2) is 11.3. The third-order valence-corrected chi connectivity index (χ3v) is 7.72. The SMILES string of the molecule is CC(C)(O)c1ccc2c(c1)/C(=C/CCN1CCC(Oc3ccc(C(F)(F)P)cc3)CC1)c1cccnc1CO2. The Kier molecular flexibility index (Phi) is 8.04. The lowest BCUT2D eigenvalue weighted by Gasteiger charge is -2.32. The zero-order valence-corrected chi connectivity index (χ0v) is 23.5. The second-order valence-corrected chi connectivity index (χ2v) is 11.5. The maximum Gasteiger partial charge on any atom is 0.283 e. The fourth-order valence-corrected chi connectivity index (χ4v) is 5.34. The normalized spacial score (nSPS) is 17.7. The zero-order chi connectivity index (χ0) is 27.6. The van der Waals surface area contributed by atoms with Crippen LogP contribution in [0, 0.1) is 0 Å². The van der Waals surface area contributed by atoms with E-state index in [9.17, 15) is 13.9 Å². The summed E-state index contributed by atoms with van der Waals surface area (Å²) < 4.78 is 39.0. The molecule has 5 nitrogen and oxygen atoms in total. The van der Waals surface area contributed by atoms with Gasteiger partial charge in [0.2, 0.25) is 0 Å². The summed E-state index contributed by atoms with van der Waals surface area (Å²) in [6, 6.07) is 16.0. The highest BCUT2D eigenvalue weighted by Gasteiger charge is 2.26. The number of rotatable bonds is 7. The molecule has 0 radical (unpaired) electrons. The van der Waals surface area contributed by atoms with Gasteiger partial charge in [0, 0.05) is 42.5 Å². The van der Waals surface area contributed by atoms with E-state index >= 15 is 0 Å². The summed E-state index contributed by atoms with van der Waals surface area (Å²) in [6.45, 7) is 6.71. The van der Waals surface area contributed by atoms with E-state index in [2.05, 4.69) is 22.0 Å². The molecule has 1 fully saturated rings. The average molecular weight is 553 g/mol. The van der Waals surface area contributed by atoms with Crippen LogP contribution in [0.1, 0.15) is 61.1 Å². The lowest BCUT2D eigenvalue weighted by atomic mass is 9.90. The number of nitrogens with zero attached hydrogens (tertiary/aromatic N) is 2. The molecule has 1 aromatic heterocycles. The van der Waals surface area contributed by atoms with Gasteiger partial charge in [0.05, 0.1) is 11.3 Å². The highest BCUT2D eigenvalue weighted by molar-refractivity contribution is 7.17. The predicted octanol–water partition coefficient (Wildman–Crippen LogP) is 6.49. The minimum absolute atomic E-state index is 0.0404. The summed E-state index contributed by atoms with van der Waals surface area (Å²) in [5.74, 6) is 1.42. The molecule has 0 amide bonds. The van der Waals surface area contributed by atoms with Crippen molar-refractivity contribution in [3.63, 3.8) is 0 Å². The Labute approximate surface area is 231 Å². The first-order valence-electron chi connectivity index (χ1n) is 13.4. The van der Waals surface area contributed by atoms with Crippen LogP contribution in [0.5, 0.6) is 11.5 Å². The van der Waals surface area contributed by atoms with Crippen molar-refractivity contribution < 1.29 is 23.4 Å². The van der Waals surface area contributed by atoms with Gasteiger partial charge in [0.15, 0.2) is 0 Å². The van der Waals surface area contributed by atoms with Crippen LogP contribution in [-0.2, 0) is 17.9 Å². The molecule has 2 aliphatic rings. The van der Waals surface area contributed by atoms with Gasteiger partial charge < -0.3 is 19.5 Å². The van der Waals surface area contributed by atoms with Crippen LogP contribution in [0.15, 0.2) is 66.9 Å². The van der Waals surface area contributed by atoms with Gasteiger partial charge in [-0.05, 0) is 86.7 Å². The first-order chi connectivity index (χ1) is 18.6. The number of halogens is 2. The Bertz CT molecular complexity index is 1320. The zero-order valence-electron chi connectivity index (χ0n) is 22.4. The van der Waals surface area contributed by atoms with Crippen molar-refractivity contribution in [3.05, 3.63) is 94.8 Å². The van der Waals surface area contributed by atoms with Gasteiger partial charge >= 0.3 is 0 Å². The van der Waals surface area contributed by atoms with Crippen molar-refractivity contribution in [1.29, 1.82) is 0 Å². The molecular formula is C31H35F2N2O3P. The van der Waals surface area contributed by atoms with Gasteiger partial charge in [0.25, 0.3) is 5.66 Å². The fourth-order valence-electron chi connectivity index (χ4n) is 5.15. The van der Waals surface area contributed by atoms with E-state index < -0.39 is 11.3 Å². The summed E-state index contributed by atoms with van der Waals surface area (Å²) in [5, 5.41) is 10.6. The Morgan fingerprint density at radius 2 is 1.79 bits per heavy atom. The molecule has 0 bridgehead atoms. The monoisotopic (exact) mass is 552 g/mol. The molecule has 3 aromatic rings. The van der Waals surface area contributed by atoms with E-state index in [1.165, 1.54) is 12.1 Å². The number of aliphatic hydroxyl groups is 1. The summed E-state index contributed by atoms with van der Waals surface area (Å²) in [7, 11) is 1.56. The van der Waals surface area contributed by atoms with Crippen molar-refractivity contribution in [2.45, 2.75) is 57.1 Å². The topological polar surface area (TPSA) is 54.8 Å². The van der Waals surface area contributed by atoms with Crippen molar-refractivity contribution >= 4 is 14.8 Å². The highest BCUT2D eigenvalue weighted by Crippen LogP contribution is 2.39. The molecule has 1 saturated heterocycles. The smallest absolute Gasteiger partial charge is 0.283 e. The van der Waals surface area contributed by atoms with E-state index in [0.29, 0.717) is 12.4 Å². The molecule has 0 spiro atoms. The average Bonchev–Trinajstić information content (AvgIpc) is 3.06. The molecule has 39 heavy (non-hydrogen) atoms. The first kappa shape index (κ1) is 27.7. The van der Waals surface area contributed by atoms with Crippen LogP contribution in [0.25, 0.3) is 5.57 Å². The minimum atomic E-state index is -2.93. The Morgan fingerprint density at radius 1 is 1.08 bits per heavy atom. The molecule has 8 heteroatoms. The number of alkyl halides is 2. The summed E-state index contributed by atoms with van der Waals surface area (Å²) in [5.41, 5.74) is 0.913. The van der Waals surface area contributed by atoms with E-state index in [1.807, 2.05) is 24.3 Å². The van der Waals surface area contributed by atoms with Crippen LogP contribution in [0.4, 0.5) is 8.78 Å². The molecule has 3 heterocycles. The van der Waals surface area contributed by atoms with Crippen molar-refractivity contribution in [2.24, 2.45) is 0 Å². The predicted molar refractivity (Wildman–Crippen MR) is 152 cm³/mol. The number of piperidine rings is 1. The van der Waals surface area contributed by atoms with Crippen LogP contribution in [0.3, 0.4) is 0 Å². The Morgan fingerprint density at radius 3 is 2.49 bits per heavy atom. The molecule has 1 atom stereocenters. The molecule has 1 unspecified atom stereocenters. The Balaban J connectivity index is 1.24. The number of hydrogen-bond donors (Lipinski definition) is 1. The van der Waals surface area contributed by atoms with E-state index in [1.54, 1.807) is 41.4 Å². The van der Waals surface area contributed by atoms with E-state index in [0.717, 1.165) is 72.6 Å². The molecular weight excluding hydrogens is 517 g/mol. The van der Waals surface area contributed by atoms with Gasteiger partial charge in [-0.25, -0.2) is 0 Å². The summed E-state index contributed by atoms with van der Waals surface area (Å²) in [4.78, 5) is 6.99. The molecule has 1 N–H and O–H groups in total. The molecule has 2 aliphatic heterocycles. The second-order valence-electron chi connectivity index (χ2n) is 10.8. The third-order valence-electron chi connectivity index (χ3n) is 7.39. The summed E-state index contributed by atoms with van der Waals surface area (Å²) >= 11 is 0. The molecule has 0 saturated carbocycles. The maximum atomic E-state index is 13.4. The fraction of sp³-hybridized carbons (Fsp3) is 0.387. The molecule has 5 rings (SSSR count). The minimum Gasteiger partial charge on any atom is -0.490 e. The van der Waals surface area contributed by atoms with E-state index in [-0.39, 0.29) is 11.7 Å². The van der Waals surface area contributed by atoms with Gasteiger partial charge in [-0.3, -0.25) is 4.98 Å². The van der Waals surface area contributed by atoms with Crippen LogP contribution in [0.2, 0.25) is 0 Å². The van der Waals surface area contributed by atoms with Crippen molar-refractivity contribution in [2.75, 3.05) is 19.6 Å². The number of pyridine rings is 1. The number of hydrogen-bond acceptors (Lipinski definition) is 5. The number of benzene rings is 2. The van der Waals surface area contributed by atoms with Crippen molar-refractivity contribution in [3.8, 4) is 11.5 Å². The number of likely N-dealkylation sites (tertiary alicyclic amines) is 1. The lowest BCUT2D eigenvalue weighted by molar-refractivity contribution is 0.0785. The molecule has 0 aliphatic carbocycles.